The average molecular weight is 1080 g/mol. The summed E-state index contributed by atoms with van der Waals surface area (Å²) in [6.45, 7) is 33.9. The Kier molecular flexibility index (Phi) is 29.0. The maximum atomic E-state index is 13.6. The van der Waals surface area contributed by atoms with E-state index in [9.17, 15) is 26.3 Å². The first kappa shape index (κ1) is 66.8. The summed E-state index contributed by atoms with van der Waals surface area (Å²) < 4.78 is 93.8. The van der Waals surface area contributed by atoms with Crippen molar-refractivity contribution in [3.63, 3.8) is 0 Å². The Balaban J connectivity index is 0.000000237. The summed E-state index contributed by atoms with van der Waals surface area (Å²) in [5.41, 5.74) is 7.99. The van der Waals surface area contributed by atoms with E-state index in [-0.39, 0.29) is 29.1 Å². The van der Waals surface area contributed by atoms with Crippen LogP contribution in [-0.2, 0) is 14.2 Å². The number of ether oxygens (including phenoxy) is 3. The Labute approximate surface area is 465 Å². The van der Waals surface area contributed by atoms with Crippen molar-refractivity contribution in [1.82, 2.24) is 0 Å². The summed E-state index contributed by atoms with van der Waals surface area (Å²) >= 11 is 0. The molecule has 7 aromatic carbocycles. The Morgan fingerprint density at radius 1 is 0.321 bits per heavy atom. The lowest BCUT2D eigenvalue weighted by Crippen LogP contribution is -2.27. The fourth-order valence-corrected chi connectivity index (χ4v) is 8.32. The first-order chi connectivity index (χ1) is 36.7. The fraction of sp³-hybridized carbons (Fsp3) is 0.449. The van der Waals surface area contributed by atoms with Gasteiger partial charge in [-0.15, -0.1) is 0 Å². The fourth-order valence-electron chi connectivity index (χ4n) is 8.32. The van der Waals surface area contributed by atoms with Gasteiger partial charge in [-0.2, -0.15) is 0 Å². The predicted molar refractivity (Wildman–Crippen MR) is 315 cm³/mol. The van der Waals surface area contributed by atoms with Crippen molar-refractivity contribution in [2.45, 2.75) is 162 Å². The molecule has 1 saturated carbocycles. The van der Waals surface area contributed by atoms with E-state index >= 15 is 0 Å². The molecule has 2 heterocycles. The Morgan fingerprint density at radius 3 is 1.17 bits per heavy atom. The van der Waals surface area contributed by atoms with Crippen LogP contribution < -0.4 is 0 Å². The molecule has 2 aliphatic heterocycles. The zero-order valence-electron chi connectivity index (χ0n) is 49.7. The van der Waals surface area contributed by atoms with Crippen molar-refractivity contribution in [2.24, 2.45) is 23.7 Å². The smallest absolute Gasteiger partial charge is 0.154 e. The molecule has 2 unspecified atom stereocenters. The van der Waals surface area contributed by atoms with E-state index in [0.717, 1.165) is 59.7 Å². The molecule has 7 aromatic rings. The SMILES string of the molecule is CC1CCC(C)CC1.CC1CCC(C)OC1.CC1COC(C)OC1.Cc1cc(F)c(C)c(F)c1.Cc1ccc(C)c(F)c1.Cc1ccc(C)cc1.Cc1ccc2c(F)c(C)c(F)cc2c1.Cc1ccc2c(F)c(C)ccc2c1. The van der Waals surface area contributed by atoms with Crippen LogP contribution in [0.1, 0.15) is 136 Å². The van der Waals surface area contributed by atoms with Gasteiger partial charge < -0.3 is 14.2 Å². The molecule has 426 valence electrons. The third-order valence-electron chi connectivity index (χ3n) is 14.0. The minimum Gasteiger partial charge on any atom is -0.378 e. The highest BCUT2D eigenvalue weighted by molar-refractivity contribution is 5.85. The Bertz CT molecular complexity index is 2750. The van der Waals surface area contributed by atoms with Gasteiger partial charge in [0.1, 0.15) is 34.9 Å². The van der Waals surface area contributed by atoms with Crippen LogP contribution in [0.4, 0.5) is 26.3 Å². The molecule has 0 spiro atoms. The number of aryl methyl sites for hydroxylation is 8. The quantitative estimate of drug-likeness (QED) is 0.142. The highest BCUT2D eigenvalue weighted by atomic mass is 19.2. The zero-order chi connectivity index (χ0) is 58.2. The van der Waals surface area contributed by atoms with Gasteiger partial charge in [0.25, 0.3) is 0 Å². The first-order valence-electron chi connectivity index (χ1n) is 27.8. The highest BCUT2D eigenvalue weighted by Crippen LogP contribution is 2.28. The van der Waals surface area contributed by atoms with Gasteiger partial charge in [-0.05, 0) is 171 Å². The summed E-state index contributed by atoms with van der Waals surface area (Å²) in [7, 11) is 0. The van der Waals surface area contributed by atoms with E-state index in [4.69, 9.17) is 14.2 Å². The van der Waals surface area contributed by atoms with E-state index < -0.39 is 23.3 Å². The van der Waals surface area contributed by atoms with Crippen LogP contribution in [0.5, 0.6) is 0 Å². The molecule has 0 bridgehead atoms. The van der Waals surface area contributed by atoms with E-state index in [0.29, 0.717) is 44.9 Å². The molecular formula is C69H90F6O3. The monoisotopic (exact) mass is 1080 g/mol. The van der Waals surface area contributed by atoms with E-state index in [1.54, 1.807) is 39.0 Å². The highest BCUT2D eigenvalue weighted by Gasteiger charge is 2.16. The molecule has 78 heavy (non-hydrogen) atoms. The third kappa shape index (κ3) is 24.3. The minimum atomic E-state index is -0.486. The van der Waals surface area contributed by atoms with Crippen LogP contribution in [0.15, 0.2) is 109 Å². The Morgan fingerprint density at radius 2 is 0.718 bits per heavy atom. The standard InChI is InChI=1S/C12H10F2.C12H11F.C8H8F2.C8H9F.C8H16.C8H10.C7H14O.C6H12O2/c1-7-3-4-10-9(5-7)6-11(13)8(2)12(10)14;1-8-3-6-11-10(7-8)5-4-9(2)12(11)13;1-5-3-7(9)6(2)8(10)4-5;1-6-3-4-7(2)8(9)5-6;2*1-7-3-5-8(2)6-4-7;1-6-3-4-7(2)8-5-6;1-5-3-7-6(2)8-4-5/h3-6H,1-2H3;3-7H,1-2H3;3-4H,1-2H3;3-5H,1-2H3;7-8H,3-6H2,1-2H3;3-6H,1-2H3;6-7H,3-5H2,1-2H3;5-6H,3-4H2,1-2H3. The van der Waals surface area contributed by atoms with Crippen molar-refractivity contribution in [1.29, 1.82) is 0 Å². The second-order valence-corrected chi connectivity index (χ2v) is 22.2. The van der Waals surface area contributed by atoms with Gasteiger partial charge >= 0.3 is 0 Å². The van der Waals surface area contributed by atoms with Crippen LogP contribution in [0.2, 0.25) is 0 Å². The number of rotatable bonds is 0. The topological polar surface area (TPSA) is 27.7 Å². The molecule has 0 aromatic heterocycles. The molecule has 1 aliphatic carbocycles. The van der Waals surface area contributed by atoms with Crippen molar-refractivity contribution in [3.05, 3.63) is 200 Å². The molecular weight excluding hydrogens is 991 g/mol. The zero-order valence-corrected chi connectivity index (χ0v) is 49.7. The van der Waals surface area contributed by atoms with Crippen LogP contribution in [0, 0.1) is 128 Å². The summed E-state index contributed by atoms with van der Waals surface area (Å²) in [6, 6.07) is 32.6. The number of halogens is 6. The molecule has 0 radical (unpaired) electrons. The molecule has 0 amide bonds. The van der Waals surface area contributed by atoms with Gasteiger partial charge in [0.15, 0.2) is 6.29 Å². The number of fused-ring (bicyclic) bond motifs is 2. The number of benzene rings is 7. The lowest BCUT2D eigenvalue weighted by Gasteiger charge is -2.24. The molecule has 3 aliphatic rings. The van der Waals surface area contributed by atoms with Crippen molar-refractivity contribution >= 4 is 21.5 Å². The second-order valence-electron chi connectivity index (χ2n) is 22.2. The summed E-state index contributed by atoms with van der Waals surface area (Å²) in [5, 5.41) is 2.79. The molecule has 2 saturated heterocycles. The molecule has 0 N–H and O–H groups in total. The van der Waals surface area contributed by atoms with E-state index in [1.165, 1.54) is 87.8 Å². The summed E-state index contributed by atoms with van der Waals surface area (Å²) in [5.74, 6) is 1.30. The van der Waals surface area contributed by atoms with Crippen LogP contribution >= 0.6 is 0 Å². The molecule has 9 heteroatoms. The van der Waals surface area contributed by atoms with Gasteiger partial charge in [0.05, 0.1) is 19.3 Å². The molecule has 3 fully saturated rings. The largest absolute Gasteiger partial charge is 0.378 e. The van der Waals surface area contributed by atoms with Gasteiger partial charge in [-0.1, -0.05) is 161 Å². The maximum absolute atomic E-state index is 13.6. The number of hydrogen-bond acceptors (Lipinski definition) is 3. The van der Waals surface area contributed by atoms with Crippen molar-refractivity contribution < 1.29 is 40.6 Å². The third-order valence-corrected chi connectivity index (χ3v) is 14.0. The lowest BCUT2D eigenvalue weighted by molar-refractivity contribution is -0.187. The van der Waals surface area contributed by atoms with Gasteiger partial charge in [0, 0.05) is 34.4 Å². The minimum absolute atomic E-state index is 0.0196. The van der Waals surface area contributed by atoms with Gasteiger partial charge in [-0.3, -0.25) is 0 Å². The van der Waals surface area contributed by atoms with Gasteiger partial charge in [0.2, 0.25) is 0 Å². The van der Waals surface area contributed by atoms with Crippen molar-refractivity contribution in [2.75, 3.05) is 19.8 Å². The predicted octanol–water partition coefficient (Wildman–Crippen LogP) is 20.3. The van der Waals surface area contributed by atoms with Gasteiger partial charge in [-0.25, -0.2) is 26.3 Å². The average Bonchev–Trinajstić information content (AvgIpc) is 3.40. The molecule has 3 nitrogen and oxygen atoms in total. The van der Waals surface area contributed by atoms with E-state index in [1.807, 2.05) is 70.2 Å². The maximum Gasteiger partial charge on any atom is 0.154 e. The van der Waals surface area contributed by atoms with E-state index in [2.05, 4.69) is 72.7 Å². The lowest BCUT2D eigenvalue weighted by atomic mass is 9.84. The van der Waals surface area contributed by atoms with Crippen LogP contribution in [0.3, 0.4) is 0 Å². The molecule has 10 rings (SSSR count). The summed E-state index contributed by atoms with van der Waals surface area (Å²) in [4.78, 5) is 0. The Hall–Kier alpha value is -5.48. The summed E-state index contributed by atoms with van der Waals surface area (Å²) in [6.07, 6.45) is 9.03. The van der Waals surface area contributed by atoms with Crippen LogP contribution in [0.25, 0.3) is 21.5 Å². The molecule has 2 atom stereocenters. The van der Waals surface area contributed by atoms with Crippen molar-refractivity contribution in [3.8, 4) is 0 Å². The first-order valence-corrected chi connectivity index (χ1v) is 27.8. The van der Waals surface area contributed by atoms with Crippen LogP contribution in [-0.4, -0.2) is 32.2 Å². The number of hydrogen-bond donors (Lipinski definition) is 0. The second kappa shape index (κ2) is 33.8. The normalized spacial score (nSPS) is 19.3.